The molecule has 0 aromatic heterocycles. The summed E-state index contributed by atoms with van der Waals surface area (Å²) in [6, 6.07) is 26.7. The van der Waals surface area contributed by atoms with Crippen molar-refractivity contribution in [2.45, 2.75) is 42.6 Å². The van der Waals surface area contributed by atoms with Gasteiger partial charge in [0.15, 0.2) is 0 Å². The summed E-state index contributed by atoms with van der Waals surface area (Å²) in [6.07, 6.45) is 3.48. The van der Waals surface area contributed by atoms with Gasteiger partial charge in [-0.25, -0.2) is 0 Å². The highest BCUT2D eigenvalue weighted by atomic mass is 127. The van der Waals surface area contributed by atoms with Crippen molar-refractivity contribution in [2.24, 2.45) is 0 Å². The Hall–Kier alpha value is -2.86. The number of non-ortho nitro benzene ring substituents is 2. The van der Waals surface area contributed by atoms with Crippen molar-refractivity contribution < 1.29 is 28.9 Å². The van der Waals surface area contributed by atoms with Gasteiger partial charge in [-0.15, -0.1) is 0 Å². The number of hydrogen-bond donors (Lipinski definition) is 0. The first-order chi connectivity index (χ1) is 24.9. The molecule has 4 aromatic rings. The fourth-order valence-electron chi connectivity index (χ4n) is 5.08. The molecule has 0 atom stereocenters. The molecule has 4 aromatic carbocycles. The average Bonchev–Trinajstić information content (AvgIpc) is 3.13. The molecule has 4 rings (SSSR count). The molecular formula is C36H34I4N4O8. The highest BCUT2D eigenvalue weighted by Crippen LogP contribution is 2.27. The summed E-state index contributed by atoms with van der Waals surface area (Å²) < 4.78 is 11.2. The van der Waals surface area contributed by atoms with Crippen molar-refractivity contribution >= 4 is 114 Å². The normalized spacial score (nSPS) is 11.0. The van der Waals surface area contributed by atoms with Gasteiger partial charge in [-0.2, -0.15) is 0 Å². The number of hydrogen-bond acceptors (Lipinski definition) is 8. The minimum absolute atomic E-state index is 0.00563. The molecule has 0 aliphatic heterocycles. The van der Waals surface area contributed by atoms with Crippen LogP contribution in [-0.4, -0.2) is 48.4 Å². The largest absolute Gasteiger partial charge is 0.457 e. The van der Waals surface area contributed by atoms with E-state index in [4.69, 9.17) is 9.47 Å². The maximum atomic E-state index is 13.1. The lowest BCUT2D eigenvalue weighted by Crippen LogP contribution is -2.35. The second kappa shape index (κ2) is 21.1. The summed E-state index contributed by atoms with van der Waals surface area (Å²) in [5.74, 6) is 2.28. The number of ether oxygens (including phenoxy) is 2. The van der Waals surface area contributed by atoms with Gasteiger partial charge in [-0.3, -0.25) is 29.8 Å². The SMILES string of the molecule is O=C(C(I)I)N(CCCCCCN(Cc1ccc(Oc2ccc([N+](=O)[O-])cc2)cc1)C(=O)C(I)I)Cc1ccc(Oc2ccc([N+](=O)[O-])cc2)cc1. The first-order valence-corrected chi connectivity index (χ1v) is 21.0. The molecule has 0 fully saturated rings. The van der Waals surface area contributed by atoms with E-state index in [9.17, 15) is 29.8 Å². The standard InChI is InChI=1S/C36H34I4N4O8/c37-33(38)35(45)41(23-25-5-13-29(14-6-25)51-31-17-9-27(10-18-31)43(47)48)21-3-1-2-4-22-42(36(46)34(39)40)24-26-7-15-30(16-8-26)52-32-19-11-28(12-20-32)44(49)50/h5-20,33-34H,1-4,21-24H2. The van der Waals surface area contributed by atoms with Gasteiger partial charge < -0.3 is 19.3 Å². The molecule has 0 saturated carbocycles. The molecule has 0 saturated heterocycles. The topological polar surface area (TPSA) is 145 Å². The lowest BCUT2D eigenvalue weighted by atomic mass is 10.1. The highest BCUT2D eigenvalue weighted by Gasteiger charge is 2.21. The number of halogens is 4. The molecule has 2 amide bonds. The fourth-order valence-corrected chi connectivity index (χ4v) is 6.66. The zero-order valence-electron chi connectivity index (χ0n) is 27.6. The molecule has 0 aliphatic rings. The molecule has 0 N–H and O–H groups in total. The second-order valence-electron chi connectivity index (χ2n) is 11.5. The van der Waals surface area contributed by atoms with Gasteiger partial charge in [0.05, 0.1) is 9.85 Å². The second-order valence-corrected chi connectivity index (χ2v) is 21.3. The Balaban J connectivity index is 1.24. The van der Waals surface area contributed by atoms with Gasteiger partial charge in [-0.1, -0.05) is 127 Å². The van der Waals surface area contributed by atoms with E-state index in [2.05, 4.69) is 90.4 Å². The highest BCUT2D eigenvalue weighted by molar-refractivity contribution is 14.2. The van der Waals surface area contributed by atoms with E-state index in [1.165, 1.54) is 24.3 Å². The zero-order valence-corrected chi connectivity index (χ0v) is 36.2. The van der Waals surface area contributed by atoms with Crippen molar-refractivity contribution in [3.8, 4) is 23.0 Å². The monoisotopic (exact) mass is 1160 g/mol. The number of rotatable bonds is 19. The first kappa shape index (κ1) is 41.9. The molecule has 0 heterocycles. The van der Waals surface area contributed by atoms with Crippen LogP contribution in [0.5, 0.6) is 23.0 Å². The Morgan fingerprint density at radius 3 is 1.08 bits per heavy atom. The molecule has 0 unspecified atom stereocenters. The predicted molar refractivity (Wildman–Crippen MR) is 232 cm³/mol. The van der Waals surface area contributed by atoms with Crippen LogP contribution in [0.1, 0.15) is 36.8 Å². The number of carbonyl (C=O) groups is 2. The molecule has 0 bridgehead atoms. The van der Waals surface area contributed by atoms with Crippen LogP contribution in [0.3, 0.4) is 0 Å². The van der Waals surface area contributed by atoms with Crippen LogP contribution >= 0.6 is 90.4 Å². The van der Waals surface area contributed by atoms with Crippen molar-refractivity contribution in [3.63, 3.8) is 0 Å². The lowest BCUT2D eigenvalue weighted by Gasteiger charge is -2.25. The first-order valence-electron chi connectivity index (χ1n) is 16.1. The van der Waals surface area contributed by atoms with Crippen molar-refractivity contribution in [1.29, 1.82) is 0 Å². The number of alkyl halides is 4. The maximum Gasteiger partial charge on any atom is 0.269 e. The number of nitro groups is 2. The van der Waals surface area contributed by atoms with Gasteiger partial charge in [0.2, 0.25) is 11.8 Å². The van der Waals surface area contributed by atoms with Crippen LogP contribution in [0.15, 0.2) is 97.1 Å². The van der Waals surface area contributed by atoms with E-state index >= 15 is 0 Å². The number of carbonyl (C=O) groups excluding carboxylic acids is 2. The van der Waals surface area contributed by atoms with E-state index < -0.39 is 9.85 Å². The molecule has 12 nitrogen and oxygen atoms in total. The summed E-state index contributed by atoms with van der Waals surface area (Å²) in [7, 11) is 0. The smallest absolute Gasteiger partial charge is 0.269 e. The number of nitrogens with zero attached hydrogens (tertiary/aromatic N) is 4. The molecule has 0 spiro atoms. The van der Waals surface area contributed by atoms with Gasteiger partial charge in [0, 0.05) is 50.4 Å². The van der Waals surface area contributed by atoms with E-state index in [1.807, 2.05) is 58.3 Å². The Bertz CT molecular complexity index is 1660. The Morgan fingerprint density at radius 2 is 0.808 bits per heavy atom. The summed E-state index contributed by atoms with van der Waals surface area (Å²) in [5, 5.41) is 21.8. The Morgan fingerprint density at radius 1 is 0.519 bits per heavy atom. The average molecular weight is 1160 g/mol. The van der Waals surface area contributed by atoms with Crippen LogP contribution in [0.4, 0.5) is 11.4 Å². The maximum absolute atomic E-state index is 13.1. The zero-order chi connectivity index (χ0) is 37.6. The third-order valence-electron chi connectivity index (χ3n) is 7.76. The van der Waals surface area contributed by atoms with Gasteiger partial charge in [0.1, 0.15) is 26.9 Å². The quantitative estimate of drug-likeness (QED) is 0.0297. The third-order valence-corrected chi connectivity index (χ3v) is 9.89. The molecule has 16 heteroatoms. The number of unbranched alkanes of at least 4 members (excludes halogenated alkanes) is 3. The third kappa shape index (κ3) is 13.5. The molecular weight excluding hydrogens is 1120 g/mol. The van der Waals surface area contributed by atoms with E-state index in [0.29, 0.717) is 49.2 Å². The van der Waals surface area contributed by atoms with Crippen LogP contribution < -0.4 is 9.47 Å². The van der Waals surface area contributed by atoms with Crippen LogP contribution in [0, 0.1) is 20.2 Å². The van der Waals surface area contributed by atoms with Crippen molar-refractivity contribution in [3.05, 3.63) is 128 Å². The van der Waals surface area contributed by atoms with Gasteiger partial charge >= 0.3 is 0 Å². The minimum Gasteiger partial charge on any atom is -0.457 e. The number of benzene rings is 4. The molecule has 0 radical (unpaired) electrons. The number of amides is 2. The van der Waals surface area contributed by atoms with E-state index in [0.717, 1.165) is 36.8 Å². The summed E-state index contributed by atoms with van der Waals surface area (Å²) in [4.78, 5) is 50.7. The number of nitro benzene ring substituents is 2. The van der Waals surface area contributed by atoms with Gasteiger partial charge in [0.25, 0.3) is 11.4 Å². The van der Waals surface area contributed by atoms with Crippen LogP contribution in [0.2, 0.25) is 0 Å². The minimum atomic E-state index is -0.458. The van der Waals surface area contributed by atoms with Crippen LogP contribution in [-0.2, 0) is 22.7 Å². The van der Waals surface area contributed by atoms with Crippen molar-refractivity contribution in [1.82, 2.24) is 9.80 Å². The van der Waals surface area contributed by atoms with Crippen LogP contribution in [0.25, 0.3) is 0 Å². The summed E-state index contributed by atoms with van der Waals surface area (Å²) in [5.41, 5.74) is 1.91. The predicted octanol–water partition coefficient (Wildman–Crippen LogP) is 10.4. The molecule has 52 heavy (non-hydrogen) atoms. The van der Waals surface area contributed by atoms with Crippen molar-refractivity contribution in [2.75, 3.05) is 13.1 Å². The Kier molecular flexibility index (Phi) is 17.0. The van der Waals surface area contributed by atoms with E-state index in [1.54, 1.807) is 24.3 Å². The molecule has 274 valence electrons. The lowest BCUT2D eigenvalue weighted by molar-refractivity contribution is -0.385. The Labute approximate surface area is 355 Å². The fraction of sp³-hybridized carbons (Fsp3) is 0.278. The summed E-state index contributed by atoms with van der Waals surface area (Å²) in [6.45, 7) is 2.16. The summed E-state index contributed by atoms with van der Waals surface area (Å²) >= 11 is 8.52. The van der Waals surface area contributed by atoms with Gasteiger partial charge in [-0.05, 0) is 72.5 Å². The van der Waals surface area contributed by atoms with E-state index in [-0.39, 0.29) is 27.1 Å². The molecule has 0 aliphatic carbocycles.